The average Bonchev–Trinajstić information content (AvgIpc) is 3.02. The minimum atomic E-state index is -0.157. The number of thiophene rings is 2. The van der Waals surface area contributed by atoms with Crippen molar-refractivity contribution < 1.29 is 9.90 Å². The Bertz CT molecular complexity index is 631. The van der Waals surface area contributed by atoms with E-state index in [0.29, 0.717) is 6.54 Å². The number of amides is 1. The summed E-state index contributed by atoms with van der Waals surface area (Å²) in [5, 5.41) is 13.5. The van der Waals surface area contributed by atoms with E-state index in [2.05, 4.69) is 17.2 Å². The molecule has 0 aromatic carbocycles. The van der Waals surface area contributed by atoms with Crippen LogP contribution in [0.15, 0.2) is 23.6 Å². The van der Waals surface area contributed by atoms with Crippen LogP contribution in [0.5, 0.6) is 0 Å². The highest BCUT2D eigenvalue weighted by Crippen LogP contribution is 2.17. The van der Waals surface area contributed by atoms with Crippen molar-refractivity contribution in [1.82, 2.24) is 5.32 Å². The fourth-order valence-corrected chi connectivity index (χ4v) is 3.08. The first-order valence-electron chi connectivity index (χ1n) is 5.71. The zero-order valence-corrected chi connectivity index (χ0v) is 12.0. The molecule has 5 heteroatoms. The fraction of sp³-hybridized carbons (Fsp3) is 0.214. The molecule has 2 heterocycles. The van der Waals surface area contributed by atoms with E-state index < -0.39 is 0 Å². The molecule has 2 aromatic rings. The van der Waals surface area contributed by atoms with E-state index >= 15 is 0 Å². The van der Waals surface area contributed by atoms with Gasteiger partial charge in [0, 0.05) is 15.3 Å². The number of carbonyl (C=O) groups is 1. The third-order valence-electron chi connectivity index (χ3n) is 2.42. The lowest BCUT2D eigenvalue weighted by Crippen LogP contribution is -2.21. The van der Waals surface area contributed by atoms with Crippen LogP contribution in [0.25, 0.3) is 0 Å². The molecule has 0 aliphatic carbocycles. The second kappa shape index (κ2) is 6.53. The maximum absolute atomic E-state index is 11.9. The molecule has 2 N–H and O–H groups in total. The molecule has 0 unspecified atom stereocenters. The van der Waals surface area contributed by atoms with Crippen molar-refractivity contribution in [3.05, 3.63) is 43.8 Å². The van der Waals surface area contributed by atoms with Crippen LogP contribution in [-0.4, -0.2) is 17.6 Å². The highest BCUT2D eigenvalue weighted by Gasteiger charge is 2.09. The predicted octanol–water partition coefficient (Wildman–Crippen LogP) is 2.39. The molecule has 0 aliphatic rings. The summed E-state index contributed by atoms with van der Waals surface area (Å²) in [5.74, 6) is 5.43. The van der Waals surface area contributed by atoms with Crippen molar-refractivity contribution >= 4 is 28.6 Å². The number of hydrogen-bond donors (Lipinski definition) is 2. The van der Waals surface area contributed by atoms with Gasteiger partial charge in [0.15, 0.2) is 0 Å². The zero-order valence-electron chi connectivity index (χ0n) is 10.4. The van der Waals surface area contributed by atoms with Crippen LogP contribution in [0.4, 0.5) is 0 Å². The highest BCUT2D eigenvalue weighted by molar-refractivity contribution is 7.14. The SMILES string of the molecule is Cc1ccc(C(=O)NCc2sccc2C#CCO)s1. The topological polar surface area (TPSA) is 49.3 Å². The lowest BCUT2D eigenvalue weighted by molar-refractivity contribution is 0.0955. The van der Waals surface area contributed by atoms with Gasteiger partial charge in [0.05, 0.1) is 11.4 Å². The van der Waals surface area contributed by atoms with Crippen molar-refractivity contribution in [2.24, 2.45) is 0 Å². The summed E-state index contributed by atoms with van der Waals surface area (Å²) in [6, 6.07) is 5.66. The summed E-state index contributed by atoms with van der Waals surface area (Å²) in [6.45, 7) is 2.28. The number of aryl methyl sites for hydroxylation is 1. The molecular weight excluding hydrogens is 278 g/mol. The van der Waals surface area contributed by atoms with Crippen LogP contribution in [0.1, 0.15) is 25.0 Å². The molecule has 3 nitrogen and oxygen atoms in total. The molecule has 0 spiro atoms. The van der Waals surface area contributed by atoms with Crippen molar-refractivity contribution in [3.63, 3.8) is 0 Å². The molecule has 0 radical (unpaired) electrons. The summed E-state index contributed by atoms with van der Waals surface area (Å²) in [7, 11) is 0. The van der Waals surface area contributed by atoms with E-state index in [1.807, 2.05) is 30.5 Å². The summed E-state index contributed by atoms with van der Waals surface area (Å²) in [5.41, 5.74) is 0.863. The van der Waals surface area contributed by atoms with Gasteiger partial charge in [-0.2, -0.15) is 0 Å². The molecule has 0 saturated heterocycles. The Morgan fingerprint density at radius 1 is 1.42 bits per heavy atom. The van der Waals surface area contributed by atoms with E-state index in [1.54, 1.807) is 11.3 Å². The number of aliphatic hydroxyl groups excluding tert-OH is 1. The Balaban J connectivity index is 1.99. The van der Waals surface area contributed by atoms with E-state index in [9.17, 15) is 4.79 Å². The molecule has 2 rings (SSSR count). The Morgan fingerprint density at radius 3 is 2.95 bits per heavy atom. The first kappa shape index (κ1) is 13.8. The van der Waals surface area contributed by atoms with E-state index in [-0.39, 0.29) is 12.5 Å². The second-order valence-electron chi connectivity index (χ2n) is 3.81. The van der Waals surface area contributed by atoms with Crippen LogP contribution in [0, 0.1) is 18.8 Å². The molecule has 0 bridgehead atoms. The molecule has 0 atom stereocenters. The van der Waals surface area contributed by atoms with Gasteiger partial charge < -0.3 is 10.4 Å². The predicted molar refractivity (Wildman–Crippen MR) is 78.5 cm³/mol. The van der Waals surface area contributed by atoms with Gasteiger partial charge in [-0.15, -0.1) is 22.7 Å². The Morgan fingerprint density at radius 2 is 2.26 bits per heavy atom. The standard InChI is InChI=1S/C14H13NO2S2/c1-10-4-5-12(19-10)14(17)15-9-13-11(3-2-7-16)6-8-18-13/h4-6,8,16H,7,9H2,1H3,(H,15,17). The molecular formula is C14H13NO2S2. The Labute approximate surface area is 119 Å². The van der Waals surface area contributed by atoms with Gasteiger partial charge in [-0.25, -0.2) is 0 Å². The van der Waals surface area contributed by atoms with Gasteiger partial charge in [0.25, 0.3) is 5.91 Å². The molecule has 98 valence electrons. The fourth-order valence-electron chi connectivity index (χ4n) is 1.53. The van der Waals surface area contributed by atoms with Crippen LogP contribution in [0.3, 0.4) is 0 Å². The summed E-state index contributed by atoms with van der Waals surface area (Å²) in [4.78, 5) is 14.7. The lowest BCUT2D eigenvalue weighted by Gasteiger charge is -2.02. The van der Waals surface area contributed by atoms with Crippen molar-refractivity contribution in [2.75, 3.05) is 6.61 Å². The number of hydrogen-bond acceptors (Lipinski definition) is 4. The summed E-state index contributed by atoms with van der Waals surface area (Å²) < 4.78 is 0. The number of rotatable bonds is 3. The molecule has 1 amide bonds. The van der Waals surface area contributed by atoms with Gasteiger partial charge in [-0.05, 0) is 30.5 Å². The van der Waals surface area contributed by atoms with Gasteiger partial charge in [-0.3, -0.25) is 4.79 Å². The van der Waals surface area contributed by atoms with E-state index in [1.165, 1.54) is 11.3 Å². The van der Waals surface area contributed by atoms with E-state index in [4.69, 9.17) is 5.11 Å². The van der Waals surface area contributed by atoms with Crippen LogP contribution in [0.2, 0.25) is 0 Å². The summed E-state index contributed by atoms with van der Waals surface area (Å²) >= 11 is 3.03. The Kier molecular flexibility index (Phi) is 4.74. The van der Waals surface area contributed by atoms with Crippen LogP contribution in [-0.2, 0) is 6.54 Å². The first-order chi connectivity index (χ1) is 9.20. The quantitative estimate of drug-likeness (QED) is 0.853. The van der Waals surface area contributed by atoms with Gasteiger partial charge in [0.2, 0.25) is 0 Å². The van der Waals surface area contributed by atoms with Gasteiger partial charge >= 0.3 is 0 Å². The first-order valence-corrected chi connectivity index (χ1v) is 7.41. The third-order valence-corrected chi connectivity index (χ3v) is 4.34. The minimum Gasteiger partial charge on any atom is -0.384 e. The molecule has 2 aromatic heterocycles. The lowest BCUT2D eigenvalue weighted by atomic mass is 10.2. The average molecular weight is 291 g/mol. The van der Waals surface area contributed by atoms with Gasteiger partial charge in [0.1, 0.15) is 6.61 Å². The molecule has 0 aliphatic heterocycles. The van der Waals surface area contributed by atoms with Crippen LogP contribution >= 0.6 is 22.7 Å². The van der Waals surface area contributed by atoms with Crippen molar-refractivity contribution in [1.29, 1.82) is 0 Å². The zero-order chi connectivity index (χ0) is 13.7. The molecule has 0 fully saturated rings. The maximum atomic E-state index is 11.9. The number of carbonyl (C=O) groups excluding carboxylic acids is 1. The van der Waals surface area contributed by atoms with Gasteiger partial charge in [-0.1, -0.05) is 11.8 Å². The molecule has 0 saturated carbocycles. The largest absolute Gasteiger partial charge is 0.384 e. The summed E-state index contributed by atoms with van der Waals surface area (Å²) in [6.07, 6.45) is 0. The maximum Gasteiger partial charge on any atom is 0.261 e. The third kappa shape index (κ3) is 3.67. The number of aliphatic hydroxyl groups is 1. The Hall–Kier alpha value is -1.61. The molecule has 19 heavy (non-hydrogen) atoms. The smallest absolute Gasteiger partial charge is 0.261 e. The monoisotopic (exact) mass is 291 g/mol. The van der Waals surface area contributed by atoms with E-state index in [0.717, 1.165) is 20.2 Å². The normalized spacial score (nSPS) is 9.79. The van der Waals surface area contributed by atoms with Crippen LogP contribution < -0.4 is 5.32 Å². The number of nitrogens with one attached hydrogen (secondary N) is 1. The highest BCUT2D eigenvalue weighted by atomic mass is 32.1. The van der Waals surface area contributed by atoms with Crippen molar-refractivity contribution in [3.8, 4) is 11.8 Å². The van der Waals surface area contributed by atoms with Crippen molar-refractivity contribution in [2.45, 2.75) is 13.5 Å². The minimum absolute atomic E-state index is 0.0624. The second-order valence-corrected chi connectivity index (χ2v) is 6.10.